The molecular weight excluding hydrogens is 352 g/mol. The van der Waals surface area contributed by atoms with Gasteiger partial charge in [0.05, 0.1) is 6.54 Å². The number of amides is 2. The normalized spacial score (nSPS) is 10.2. The van der Waals surface area contributed by atoms with Gasteiger partial charge in [0, 0.05) is 11.3 Å². The third kappa shape index (κ3) is 5.71. The van der Waals surface area contributed by atoms with E-state index in [1.165, 1.54) is 0 Å². The van der Waals surface area contributed by atoms with Crippen LogP contribution in [0.3, 0.4) is 0 Å². The van der Waals surface area contributed by atoms with Crippen molar-refractivity contribution in [2.45, 2.75) is 13.5 Å². The van der Waals surface area contributed by atoms with Crippen LogP contribution in [-0.2, 0) is 11.4 Å². The number of benzene rings is 3. The van der Waals surface area contributed by atoms with E-state index in [2.05, 4.69) is 10.6 Å². The molecule has 0 unspecified atom stereocenters. The van der Waals surface area contributed by atoms with Gasteiger partial charge in [0.15, 0.2) is 0 Å². The van der Waals surface area contributed by atoms with Crippen LogP contribution in [0, 0.1) is 6.92 Å². The molecule has 28 heavy (non-hydrogen) atoms. The van der Waals surface area contributed by atoms with Crippen molar-refractivity contribution in [2.75, 3.05) is 11.9 Å². The second kappa shape index (κ2) is 9.37. The SMILES string of the molecule is Cc1ccc(C(=O)NCC(=O)Nc2ccc(OCc3ccccc3)cc2)cc1. The Hall–Kier alpha value is -3.60. The maximum Gasteiger partial charge on any atom is 0.251 e. The highest BCUT2D eigenvalue weighted by atomic mass is 16.5. The molecule has 0 aromatic heterocycles. The third-order valence-electron chi connectivity index (χ3n) is 4.11. The lowest BCUT2D eigenvalue weighted by atomic mass is 10.1. The molecule has 0 saturated carbocycles. The van der Waals surface area contributed by atoms with Gasteiger partial charge in [-0.05, 0) is 48.9 Å². The van der Waals surface area contributed by atoms with Crippen molar-refractivity contribution in [1.29, 1.82) is 0 Å². The van der Waals surface area contributed by atoms with Gasteiger partial charge >= 0.3 is 0 Å². The first-order valence-electron chi connectivity index (χ1n) is 9.02. The second-order valence-corrected chi connectivity index (χ2v) is 6.40. The summed E-state index contributed by atoms with van der Waals surface area (Å²) in [7, 11) is 0. The minimum atomic E-state index is -0.293. The van der Waals surface area contributed by atoms with E-state index in [0.717, 1.165) is 16.9 Å². The average Bonchev–Trinajstić information content (AvgIpc) is 2.73. The molecule has 3 rings (SSSR count). The van der Waals surface area contributed by atoms with E-state index in [0.29, 0.717) is 17.9 Å². The summed E-state index contributed by atoms with van der Waals surface area (Å²) in [6, 6.07) is 24.2. The number of hydrogen-bond donors (Lipinski definition) is 2. The van der Waals surface area contributed by atoms with Crippen LogP contribution in [0.5, 0.6) is 5.75 Å². The Labute approximate surface area is 164 Å². The Morgan fingerprint density at radius 3 is 2.21 bits per heavy atom. The minimum Gasteiger partial charge on any atom is -0.489 e. The smallest absolute Gasteiger partial charge is 0.251 e. The maximum absolute atomic E-state index is 12.0. The molecule has 2 N–H and O–H groups in total. The monoisotopic (exact) mass is 374 g/mol. The summed E-state index contributed by atoms with van der Waals surface area (Å²) in [5.74, 6) is 0.146. The topological polar surface area (TPSA) is 67.4 Å². The Morgan fingerprint density at radius 2 is 1.54 bits per heavy atom. The minimum absolute atomic E-state index is 0.0982. The summed E-state index contributed by atoms with van der Waals surface area (Å²) < 4.78 is 5.72. The number of anilines is 1. The van der Waals surface area contributed by atoms with Gasteiger partial charge in [0.2, 0.25) is 5.91 Å². The van der Waals surface area contributed by atoms with E-state index in [4.69, 9.17) is 4.74 Å². The van der Waals surface area contributed by atoms with Gasteiger partial charge in [-0.15, -0.1) is 0 Å². The molecule has 0 spiro atoms. The molecule has 5 nitrogen and oxygen atoms in total. The Morgan fingerprint density at radius 1 is 0.857 bits per heavy atom. The van der Waals surface area contributed by atoms with Gasteiger partial charge in [-0.1, -0.05) is 48.0 Å². The number of rotatable bonds is 7. The van der Waals surface area contributed by atoms with Gasteiger partial charge in [-0.25, -0.2) is 0 Å². The number of ether oxygens (including phenoxy) is 1. The highest BCUT2D eigenvalue weighted by molar-refractivity contribution is 5.99. The van der Waals surface area contributed by atoms with E-state index < -0.39 is 0 Å². The molecule has 0 bridgehead atoms. The van der Waals surface area contributed by atoms with E-state index in [1.807, 2.05) is 49.4 Å². The zero-order valence-corrected chi connectivity index (χ0v) is 15.6. The summed E-state index contributed by atoms with van der Waals surface area (Å²) in [6.07, 6.45) is 0. The lowest BCUT2D eigenvalue weighted by molar-refractivity contribution is -0.115. The molecular formula is C23H22N2O3. The summed E-state index contributed by atoms with van der Waals surface area (Å²) >= 11 is 0. The van der Waals surface area contributed by atoms with E-state index in [1.54, 1.807) is 36.4 Å². The summed E-state index contributed by atoms with van der Waals surface area (Å²) in [6.45, 7) is 2.34. The number of carbonyl (C=O) groups is 2. The standard InChI is InChI=1S/C23H22N2O3/c1-17-7-9-19(10-8-17)23(27)24-15-22(26)25-20-11-13-21(14-12-20)28-16-18-5-3-2-4-6-18/h2-14H,15-16H2,1H3,(H,24,27)(H,25,26). The number of carbonyl (C=O) groups excluding carboxylic acids is 2. The van der Waals surface area contributed by atoms with Crippen LogP contribution in [0.4, 0.5) is 5.69 Å². The van der Waals surface area contributed by atoms with Crippen molar-refractivity contribution >= 4 is 17.5 Å². The largest absolute Gasteiger partial charge is 0.489 e. The van der Waals surface area contributed by atoms with Crippen LogP contribution in [0.25, 0.3) is 0 Å². The molecule has 0 saturated heterocycles. The first kappa shape index (κ1) is 19.2. The van der Waals surface area contributed by atoms with Gasteiger partial charge in [-0.3, -0.25) is 9.59 Å². The number of aryl methyl sites for hydroxylation is 1. The molecule has 3 aromatic rings. The molecule has 142 valence electrons. The molecule has 0 heterocycles. The summed E-state index contributed by atoms with van der Waals surface area (Å²) in [4.78, 5) is 24.1. The van der Waals surface area contributed by atoms with Crippen LogP contribution in [0.15, 0.2) is 78.9 Å². The van der Waals surface area contributed by atoms with E-state index >= 15 is 0 Å². The first-order valence-corrected chi connectivity index (χ1v) is 9.02. The molecule has 0 aliphatic carbocycles. The van der Waals surface area contributed by atoms with Crippen LogP contribution in [-0.4, -0.2) is 18.4 Å². The van der Waals surface area contributed by atoms with Gasteiger partial charge in [-0.2, -0.15) is 0 Å². The van der Waals surface area contributed by atoms with Crippen molar-refractivity contribution < 1.29 is 14.3 Å². The van der Waals surface area contributed by atoms with Crippen LogP contribution < -0.4 is 15.4 Å². The zero-order chi connectivity index (χ0) is 19.8. The molecule has 3 aromatic carbocycles. The van der Waals surface area contributed by atoms with Crippen molar-refractivity contribution in [2.24, 2.45) is 0 Å². The molecule has 0 atom stereocenters. The maximum atomic E-state index is 12.0. The first-order chi connectivity index (χ1) is 13.6. The van der Waals surface area contributed by atoms with Crippen LogP contribution in [0.2, 0.25) is 0 Å². The van der Waals surface area contributed by atoms with Crippen LogP contribution in [0.1, 0.15) is 21.5 Å². The predicted octanol–water partition coefficient (Wildman–Crippen LogP) is 3.94. The van der Waals surface area contributed by atoms with Crippen molar-refractivity contribution in [3.63, 3.8) is 0 Å². The lowest BCUT2D eigenvalue weighted by Gasteiger charge is -2.09. The predicted molar refractivity (Wildman–Crippen MR) is 109 cm³/mol. The number of nitrogens with one attached hydrogen (secondary N) is 2. The fourth-order valence-electron chi connectivity index (χ4n) is 2.55. The van der Waals surface area contributed by atoms with Gasteiger partial charge < -0.3 is 15.4 Å². The van der Waals surface area contributed by atoms with E-state index in [9.17, 15) is 9.59 Å². The molecule has 0 aliphatic rings. The van der Waals surface area contributed by atoms with Crippen molar-refractivity contribution in [3.05, 3.63) is 95.6 Å². The number of hydrogen-bond acceptors (Lipinski definition) is 3. The fourth-order valence-corrected chi connectivity index (χ4v) is 2.55. The highest BCUT2D eigenvalue weighted by Crippen LogP contribution is 2.17. The summed E-state index contributed by atoms with van der Waals surface area (Å²) in [5, 5.41) is 5.36. The Balaban J connectivity index is 1.45. The molecule has 0 fully saturated rings. The van der Waals surface area contributed by atoms with Crippen molar-refractivity contribution in [3.8, 4) is 5.75 Å². The third-order valence-corrected chi connectivity index (χ3v) is 4.11. The summed E-state index contributed by atoms with van der Waals surface area (Å²) in [5.41, 5.74) is 3.33. The quantitative estimate of drug-likeness (QED) is 0.658. The molecule has 0 aliphatic heterocycles. The van der Waals surface area contributed by atoms with Gasteiger partial charge in [0.25, 0.3) is 5.91 Å². The Bertz CT molecular complexity index is 920. The molecule has 5 heteroatoms. The molecule has 0 radical (unpaired) electrons. The zero-order valence-electron chi connectivity index (χ0n) is 15.6. The second-order valence-electron chi connectivity index (χ2n) is 6.40. The van der Waals surface area contributed by atoms with Crippen molar-refractivity contribution in [1.82, 2.24) is 5.32 Å². The van der Waals surface area contributed by atoms with Gasteiger partial charge in [0.1, 0.15) is 12.4 Å². The van der Waals surface area contributed by atoms with Crippen LogP contribution >= 0.6 is 0 Å². The highest BCUT2D eigenvalue weighted by Gasteiger charge is 2.08. The lowest BCUT2D eigenvalue weighted by Crippen LogP contribution is -2.32. The fraction of sp³-hybridized carbons (Fsp3) is 0.130. The average molecular weight is 374 g/mol. The Kier molecular flexibility index (Phi) is 6.41. The molecule has 2 amide bonds. The van der Waals surface area contributed by atoms with E-state index in [-0.39, 0.29) is 18.4 Å².